The number of sulfonamides is 1. The number of hydrogen-bond acceptors (Lipinski definition) is 5. The molecular formula is C27H24FN5O2S. The molecule has 0 radical (unpaired) electrons. The van der Waals surface area contributed by atoms with E-state index in [0.717, 1.165) is 29.8 Å². The van der Waals surface area contributed by atoms with E-state index in [-0.39, 0.29) is 40.7 Å². The Kier molecular flexibility index (Phi) is 5.99. The van der Waals surface area contributed by atoms with Crippen molar-refractivity contribution in [2.45, 2.75) is 31.1 Å². The van der Waals surface area contributed by atoms with Gasteiger partial charge in [0.2, 0.25) is 10.0 Å². The maximum atomic E-state index is 13.5. The van der Waals surface area contributed by atoms with Gasteiger partial charge in [-0.3, -0.25) is 0 Å². The van der Waals surface area contributed by atoms with Crippen molar-refractivity contribution in [3.63, 3.8) is 0 Å². The molecule has 0 N–H and O–H groups in total. The summed E-state index contributed by atoms with van der Waals surface area (Å²) < 4.78 is 43.4. The summed E-state index contributed by atoms with van der Waals surface area (Å²) in [6.45, 7) is 2.04. The Morgan fingerprint density at radius 2 is 1.94 bits per heavy atom. The quantitative estimate of drug-likeness (QED) is 0.464. The summed E-state index contributed by atoms with van der Waals surface area (Å²) in [5.74, 6) is -0.318. The molecule has 7 nitrogen and oxygen atoms in total. The summed E-state index contributed by atoms with van der Waals surface area (Å²) in [7, 11) is -4.03. The Morgan fingerprint density at radius 3 is 2.67 bits per heavy atom. The third-order valence-corrected chi connectivity index (χ3v) is 9.39. The molecular weight excluding hydrogens is 477 g/mol. The molecule has 0 amide bonds. The van der Waals surface area contributed by atoms with Crippen molar-refractivity contribution in [2.75, 3.05) is 13.1 Å². The first-order chi connectivity index (χ1) is 17.3. The van der Waals surface area contributed by atoms with Crippen LogP contribution in [0.2, 0.25) is 0 Å². The van der Waals surface area contributed by atoms with E-state index in [1.165, 1.54) is 34.1 Å². The van der Waals surface area contributed by atoms with Crippen LogP contribution in [0, 0.1) is 39.8 Å². The molecule has 1 saturated carbocycles. The maximum Gasteiger partial charge on any atom is 0.245 e. The zero-order valence-electron chi connectivity index (χ0n) is 19.7. The van der Waals surface area contributed by atoms with Gasteiger partial charge in [-0.05, 0) is 78.6 Å². The first-order valence-corrected chi connectivity index (χ1v) is 13.1. The minimum atomic E-state index is -4.03. The fourth-order valence-electron chi connectivity index (χ4n) is 5.51. The van der Waals surface area contributed by atoms with Gasteiger partial charge in [-0.2, -0.15) is 19.9 Å². The average Bonchev–Trinajstić information content (AvgIpc) is 3.42. The standard InChI is InChI=1S/C27H24FN5O2S/c1-27-15-20-17-31-33(24-10-8-23(28)9-11-24)25(20)14-21(27)6-7-22(27)18-32(13-12-29)36(34,35)26-5-3-2-4-19(26)16-30/h2-5,8-11,14,17,22H,6-7,13,15,18H2,1H3/t22-,27+/m1/s1. The van der Waals surface area contributed by atoms with Gasteiger partial charge in [0.25, 0.3) is 0 Å². The maximum absolute atomic E-state index is 13.5. The van der Waals surface area contributed by atoms with Crippen LogP contribution in [0.5, 0.6) is 0 Å². The number of benzene rings is 2. The fourth-order valence-corrected chi connectivity index (χ4v) is 7.03. The first kappa shape index (κ1) is 23.9. The van der Waals surface area contributed by atoms with E-state index < -0.39 is 10.0 Å². The Morgan fingerprint density at radius 1 is 1.19 bits per heavy atom. The van der Waals surface area contributed by atoms with Crippen LogP contribution in [0.25, 0.3) is 11.8 Å². The third-order valence-electron chi connectivity index (χ3n) is 7.52. The van der Waals surface area contributed by atoms with Gasteiger partial charge in [-0.25, -0.2) is 17.5 Å². The normalized spacial score (nSPS) is 20.8. The highest BCUT2D eigenvalue weighted by Crippen LogP contribution is 2.53. The molecule has 36 heavy (non-hydrogen) atoms. The number of allylic oxidation sites excluding steroid dienone is 1. The van der Waals surface area contributed by atoms with Crippen molar-refractivity contribution in [1.29, 1.82) is 10.5 Å². The Balaban J connectivity index is 1.46. The number of aromatic nitrogens is 2. The van der Waals surface area contributed by atoms with Gasteiger partial charge in [0.15, 0.2) is 0 Å². The first-order valence-electron chi connectivity index (χ1n) is 11.7. The zero-order valence-corrected chi connectivity index (χ0v) is 20.5. The van der Waals surface area contributed by atoms with Crippen molar-refractivity contribution < 1.29 is 12.8 Å². The summed E-state index contributed by atoms with van der Waals surface area (Å²) in [6, 6.07) is 16.2. The van der Waals surface area contributed by atoms with Crippen LogP contribution in [-0.4, -0.2) is 35.6 Å². The second-order valence-electron chi connectivity index (χ2n) is 9.51. The fraction of sp³-hybridized carbons (Fsp3) is 0.296. The highest BCUT2D eigenvalue weighted by Gasteiger charge is 2.47. The van der Waals surface area contributed by atoms with E-state index in [2.05, 4.69) is 18.1 Å². The Bertz CT molecular complexity index is 1550. The summed E-state index contributed by atoms with van der Waals surface area (Å²) >= 11 is 0. The molecule has 1 fully saturated rings. The van der Waals surface area contributed by atoms with Crippen molar-refractivity contribution >= 4 is 16.1 Å². The number of nitrogens with zero attached hydrogens (tertiary/aromatic N) is 5. The van der Waals surface area contributed by atoms with Crippen LogP contribution in [0.3, 0.4) is 0 Å². The lowest BCUT2D eigenvalue weighted by atomic mass is 9.70. The molecule has 2 aromatic carbocycles. The van der Waals surface area contributed by atoms with E-state index in [9.17, 15) is 23.3 Å². The summed E-state index contributed by atoms with van der Waals surface area (Å²) in [5, 5.41) is 23.4. The molecule has 5 rings (SSSR count). The van der Waals surface area contributed by atoms with Crippen molar-refractivity contribution in [2.24, 2.45) is 11.3 Å². The molecule has 9 heteroatoms. The lowest BCUT2D eigenvalue weighted by molar-refractivity contribution is 0.228. The monoisotopic (exact) mass is 501 g/mol. The SMILES string of the molecule is C[C@]12Cc3cnn(-c4ccc(F)cc4)c3C=C1CC[C@@H]2CN(CC#N)S(=O)(=O)c1ccccc1C#N. The van der Waals surface area contributed by atoms with Gasteiger partial charge in [0.1, 0.15) is 18.4 Å². The van der Waals surface area contributed by atoms with Gasteiger partial charge >= 0.3 is 0 Å². The number of fused-ring (bicyclic) bond motifs is 2. The predicted molar refractivity (Wildman–Crippen MR) is 132 cm³/mol. The Labute approximate surface area is 209 Å². The van der Waals surface area contributed by atoms with Gasteiger partial charge in [-0.15, -0.1) is 0 Å². The molecule has 0 aliphatic heterocycles. The molecule has 1 aromatic heterocycles. The smallest absolute Gasteiger partial charge is 0.233 e. The van der Waals surface area contributed by atoms with Crippen LogP contribution in [-0.2, 0) is 16.4 Å². The van der Waals surface area contributed by atoms with Gasteiger partial charge in [0.05, 0.1) is 34.1 Å². The summed E-state index contributed by atoms with van der Waals surface area (Å²) in [6.07, 6.45) is 6.23. The van der Waals surface area contributed by atoms with Gasteiger partial charge < -0.3 is 0 Å². The molecule has 182 valence electrons. The molecule has 0 spiro atoms. The van der Waals surface area contributed by atoms with Crippen LogP contribution >= 0.6 is 0 Å². The van der Waals surface area contributed by atoms with Gasteiger partial charge in [-0.1, -0.05) is 24.6 Å². The van der Waals surface area contributed by atoms with Crippen molar-refractivity contribution in [1.82, 2.24) is 14.1 Å². The zero-order chi connectivity index (χ0) is 25.5. The van der Waals surface area contributed by atoms with E-state index >= 15 is 0 Å². The number of hydrogen-bond donors (Lipinski definition) is 0. The van der Waals surface area contributed by atoms with Crippen LogP contribution in [0.4, 0.5) is 4.39 Å². The van der Waals surface area contributed by atoms with E-state index in [0.29, 0.717) is 6.42 Å². The van der Waals surface area contributed by atoms with Crippen molar-refractivity contribution in [3.05, 3.63) is 82.9 Å². The van der Waals surface area contributed by atoms with Crippen LogP contribution in [0.15, 0.2) is 65.2 Å². The molecule has 2 atom stereocenters. The van der Waals surface area contributed by atoms with E-state index in [1.807, 2.05) is 18.3 Å². The molecule has 0 bridgehead atoms. The topological polar surface area (TPSA) is 103 Å². The lowest BCUT2D eigenvalue weighted by Crippen LogP contribution is -2.41. The molecule has 1 heterocycles. The minimum Gasteiger partial charge on any atom is -0.233 e. The third kappa shape index (κ3) is 3.91. The summed E-state index contributed by atoms with van der Waals surface area (Å²) in [5.41, 5.74) is 3.77. The Hall–Kier alpha value is -3.79. The number of halogens is 1. The largest absolute Gasteiger partial charge is 0.245 e. The molecule has 0 unspecified atom stereocenters. The van der Waals surface area contributed by atoms with Gasteiger partial charge in [0, 0.05) is 6.54 Å². The van der Waals surface area contributed by atoms with E-state index in [4.69, 9.17) is 0 Å². The predicted octanol–water partition coefficient (Wildman–Crippen LogP) is 4.45. The minimum absolute atomic E-state index is 0.0107. The highest BCUT2D eigenvalue weighted by molar-refractivity contribution is 7.89. The van der Waals surface area contributed by atoms with Crippen molar-refractivity contribution in [3.8, 4) is 17.8 Å². The van der Waals surface area contributed by atoms with Crippen LogP contribution in [0.1, 0.15) is 36.6 Å². The van der Waals surface area contributed by atoms with E-state index in [1.54, 1.807) is 28.9 Å². The highest BCUT2D eigenvalue weighted by atomic mass is 32.2. The lowest BCUT2D eigenvalue weighted by Gasteiger charge is -2.37. The number of nitriles is 2. The second-order valence-corrected chi connectivity index (χ2v) is 11.4. The average molecular weight is 502 g/mol. The second kappa shape index (κ2) is 9.02. The summed E-state index contributed by atoms with van der Waals surface area (Å²) in [4.78, 5) is -0.0758. The number of rotatable bonds is 6. The molecule has 0 saturated heterocycles. The van der Waals surface area contributed by atoms with Crippen LogP contribution < -0.4 is 0 Å². The molecule has 2 aliphatic carbocycles. The molecule has 2 aliphatic rings. The molecule has 3 aromatic rings.